The highest BCUT2D eigenvalue weighted by atomic mass is 32.2. The largest absolute Gasteiger partial charge is 0.493 e. The lowest BCUT2D eigenvalue weighted by Gasteiger charge is -2.19. The lowest BCUT2D eigenvalue weighted by molar-refractivity contribution is -0.139. The predicted octanol–water partition coefficient (Wildman–Crippen LogP) is 3.32. The van der Waals surface area contributed by atoms with E-state index in [0.29, 0.717) is 31.4 Å². The van der Waals surface area contributed by atoms with Crippen LogP contribution in [0.1, 0.15) is 56.2 Å². The highest BCUT2D eigenvalue weighted by Crippen LogP contribution is 2.39. The number of carboxylic acid groups (broad SMARTS) is 1. The van der Waals surface area contributed by atoms with Gasteiger partial charge in [-0.1, -0.05) is 12.5 Å². The number of rotatable bonds is 14. The zero-order valence-electron chi connectivity index (χ0n) is 17.4. The fourth-order valence-corrected chi connectivity index (χ4v) is 4.34. The molecule has 0 spiro atoms. The number of aliphatic carboxylic acids is 1. The summed E-state index contributed by atoms with van der Waals surface area (Å²) >= 11 is 0. The molecule has 0 amide bonds. The van der Waals surface area contributed by atoms with Crippen molar-refractivity contribution < 1.29 is 36.2 Å². The number of ether oxygens (including phenoxy) is 1. The number of carboxylic acids is 1. The Morgan fingerprint density at radius 2 is 1.97 bits per heavy atom. The van der Waals surface area contributed by atoms with E-state index in [1.54, 1.807) is 6.92 Å². The molecule has 0 bridgehead atoms. The van der Waals surface area contributed by atoms with E-state index in [1.165, 1.54) is 12.1 Å². The molecule has 7 nitrogen and oxygen atoms in total. The van der Waals surface area contributed by atoms with Crippen molar-refractivity contribution in [1.82, 2.24) is 10.0 Å². The quantitative estimate of drug-likeness (QED) is 0.364. The first-order chi connectivity index (χ1) is 14.5. The summed E-state index contributed by atoms with van der Waals surface area (Å²) in [4.78, 5) is 10.4. The molecule has 1 atom stereocenters. The first-order valence-electron chi connectivity index (χ1n) is 10.2. The van der Waals surface area contributed by atoms with Crippen molar-refractivity contribution in [2.24, 2.45) is 5.92 Å². The van der Waals surface area contributed by atoms with Crippen molar-refractivity contribution >= 4 is 16.0 Å². The van der Waals surface area contributed by atoms with Crippen molar-refractivity contribution in [2.75, 3.05) is 25.4 Å². The Balaban J connectivity index is 1.89. The van der Waals surface area contributed by atoms with E-state index in [-0.39, 0.29) is 30.6 Å². The molecule has 1 aliphatic rings. The maximum atomic E-state index is 13.3. The molecule has 0 aliphatic heterocycles. The van der Waals surface area contributed by atoms with E-state index in [4.69, 9.17) is 9.84 Å². The average Bonchev–Trinajstić information content (AvgIpc) is 3.48. The van der Waals surface area contributed by atoms with Crippen LogP contribution < -0.4 is 14.8 Å². The second-order valence-electron chi connectivity index (χ2n) is 7.80. The Morgan fingerprint density at radius 3 is 2.58 bits per heavy atom. The maximum absolute atomic E-state index is 13.3. The number of sulfonamides is 1. The molecule has 1 aromatic rings. The predicted molar refractivity (Wildman–Crippen MR) is 109 cm³/mol. The number of carbonyl (C=O) groups is 1. The third-order valence-electron chi connectivity index (χ3n) is 4.88. The Morgan fingerprint density at radius 1 is 1.26 bits per heavy atom. The normalized spacial score (nSPS) is 15.6. The van der Waals surface area contributed by atoms with Crippen LogP contribution in [0.2, 0.25) is 0 Å². The van der Waals surface area contributed by atoms with Gasteiger partial charge in [0.25, 0.3) is 0 Å². The second kappa shape index (κ2) is 11.1. The molecule has 3 N–H and O–H groups in total. The van der Waals surface area contributed by atoms with E-state index in [0.717, 1.165) is 18.9 Å². The van der Waals surface area contributed by atoms with Crippen LogP contribution in [0.5, 0.6) is 5.75 Å². The molecule has 2 rings (SSSR count). The van der Waals surface area contributed by atoms with E-state index < -0.39 is 33.8 Å². The van der Waals surface area contributed by atoms with E-state index in [1.807, 2.05) is 0 Å². The number of hydrogen-bond donors (Lipinski definition) is 3. The van der Waals surface area contributed by atoms with Crippen LogP contribution in [0.25, 0.3) is 0 Å². The van der Waals surface area contributed by atoms with Crippen LogP contribution in [0, 0.1) is 5.92 Å². The zero-order chi connectivity index (χ0) is 23.1. The van der Waals surface area contributed by atoms with Gasteiger partial charge >= 0.3 is 12.1 Å². The molecule has 31 heavy (non-hydrogen) atoms. The van der Waals surface area contributed by atoms with Gasteiger partial charge in [-0.2, -0.15) is 13.2 Å². The van der Waals surface area contributed by atoms with Crippen molar-refractivity contribution in [2.45, 2.75) is 51.2 Å². The lowest BCUT2D eigenvalue weighted by Crippen LogP contribution is -2.29. The van der Waals surface area contributed by atoms with Crippen LogP contribution in [0.15, 0.2) is 18.2 Å². The highest BCUT2D eigenvalue weighted by Gasteiger charge is 2.35. The Hall–Kier alpha value is -1.85. The molecule has 0 heterocycles. The summed E-state index contributed by atoms with van der Waals surface area (Å²) in [6, 6.07) is 2.72. The smallest absolute Gasteiger partial charge is 0.419 e. The third kappa shape index (κ3) is 9.44. The van der Waals surface area contributed by atoms with Gasteiger partial charge in [0.1, 0.15) is 5.75 Å². The fourth-order valence-electron chi connectivity index (χ4n) is 2.96. The summed E-state index contributed by atoms with van der Waals surface area (Å²) in [5.74, 6) is -1.08. The molecule has 0 aromatic heterocycles. The van der Waals surface area contributed by atoms with E-state index in [9.17, 15) is 26.4 Å². The van der Waals surface area contributed by atoms with Crippen LogP contribution >= 0.6 is 0 Å². The number of alkyl halides is 3. The molecule has 1 unspecified atom stereocenters. The Kier molecular flexibility index (Phi) is 9.14. The van der Waals surface area contributed by atoms with Gasteiger partial charge in [-0.05, 0) is 62.8 Å². The monoisotopic (exact) mass is 466 g/mol. The molecule has 176 valence electrons. The molecule has 1 saturated carbocycles. The van der Waals surface area contributed by atoms with Gasteiger partial charge < -0.3 is 15.2 Å². The number of hydrogen-bond acceptors (Lipinski definition) is 5. The summed E-state index contributed by atoms with van der Waals surface area (Å²) in [7, 11) is -3.63. The molecule has 0 saturated heterocycles. The Labute approximate surface area is 180 Å². The van der Waals surface area contributed by atoms with E-state index >= 15 is 0 Å². The van der Waals surface area contributed by atoms with Crippen molar-refractivity contribution in [1.29, 1.82) is 0 Å². The second-order valence-corrected chi connectivity index (χ2v) is 9.67. The minimum atomic E-state index is -4.56. The number of benzene rings is 1. The van der Waals surface area contributed by atoms with Crippen molar-refractivity contribution in [3.8, 4) is 5.75 Å². The van der Waals surface area contributed by atoms with Gasteiger partial charge in [0, 0.05) is 6.04 Å². The van der Waals surface area contributed by atoms with Gasteiger partial charge in [0.15, 0.2) is 0 Å². The molecule has 11 heteroatoms. The first-order valence-corrected chi connectivity index (χ1v) is 11.9. The van der Waals surface area contributed by atoms with Crippen molar-refractivity contribution in [3.63, 3.8) is 0 Å². The van der Waals surface area contributed by atoms with Gasteiger partial charge in [-0.15, -0.1) is 0 Å². The lowest BCUT2D eigenvalue weighted by atomic mass is 10.1. The summed E-state index contributed by atoms with van der Waals surface area (Å²) < 4.78 is 72.3. The summed E-state index contributed by atoms with van der Waals surface area (Å²) in [6.45, 7) is 2.12. The van der Waals surface area contributed by atoms with Crippen LogP contribution in [-0.4, -0.2) is 44.9 Å². The summed E-state index contributed by atoms with van der Waals surface area (Å²) in [5.41, 5.74) is -0.483. The standard InChI is InChI=1S/C20H29F3N2O5S/c1-14(25-31(28,29)10-4-2-3-9-24-12-19(26)27)16-7-8-17(20(21,22)23)18(11-16)30-13-15-5-6-15/h7-8,11,14-15,24-25H,2-6,9-10,12-13H2,1H3,(H,26,27). The molecular weight excluding hydrogens is 437 g/mol. The van der Waals surface area contributed by atoms with Crippen molar-refractivity contribution in [3.05, 3.63) is 29.3 Å². The molecule has 0 radical (unpaired) electrons. The fraction of sp³-hybridized carbons (Fsp3) is 0.650. The van der Waals surface area contributed by atoms with Crippen LogP contribution in [-0.2, 0) is 21.0 Å². The average molecular weight is 467 g/mol. The summed E-state index contributed by atoms with van der Waals surface area (Å²) in [5, 5.41) is 11.2. The minimum Gasteiger partial charge on any atom is -0.493 e. The Bertz CT molecular complexity index is 842. The number of halogens is 3. The number of unbranched alkanes of at least 4 members (excludes halogenated alkanes) is 2. The zero-order valence-corrected chi connectivity index (χ0v) is 18.2. The molecular formula is C20H29F3N2O5S. The third-order valence-corrected chi connectivity index (χ3v) is 6.42. The van der Waals surface area contributed by atoms with Crippen LogP contribution in [0.4, 0.5) is 13.2 Å². The first kappa shape index (κ1) is 25.4. The molecule has 1 aliphatic carbocycles. The highest BCUT2D eigenvalue weighted by molar-refractivity contribution is 7.89. The van der Waals surface area contributed by atoms with Gasteiger partial charge in [0.2, 0.25) is 10.0 Å². The van der Waals surface area contributed by atoms with Crippen LogP contribution in [0.3, 0.4) is 0 Å². The minimum absolute atomic E-state index is 0.123. The number of nitrogens with one attached hydrogen (secondary N) is 2. The van der Waals surface area contributed by atoms with Gasteiger partial charge in [-0.3, -0.25) is 4.79 Å². The summed E-state index contributed by atoms with van der Waals surface area (Å²) in [6.07, 6.45) is -1.06. The molecule has 1 fully saturated rings. The topological polar surface area (TPSA) is 105 Å². The van der Waals surface area contributed by atoms with E-state index in [2.05, 4.69) is 10.0 Å². The maximum Gasteiger partial charge on any atom is 0.419 e. The SMILES string of the molecule is CC(NS(=O)(=O)CCCCCNCC(=O)O)c1ccc(C(F)(F)F)c(OCC2CC2)c1. The molecule has 1 aromatic carbocycles. The van der Waals surface area contributed by atoms with Gasteiger partial charge in [0.05, 0.1) is 24.5 Å². The van der Waals surface area contributed by atoms with Gasteiger partial charge in [-0.25, -0.2) is 13.1 Å².